The van der Waals surface area contributed by atoms with Crippen LogP contribution in [0.3, 0.4) is 0 Å². The highest BCUT2D eigenvalue weighted by atomic mass is 28.3. The minimum absolute atomic E-state index is 0.894. The molecule has 246 valence electrons. The molecule has 10 aromatic rings. The highest BCUT2D eigenvalue weighted by Crippen LogP contribution is 2.43. The standard InChI is InChI=1S/C48H33NO2Si/c1-52(2)45-26-25-44-47(38-12-6-8-14-42(38)51-44)48(45)39-23-21-36(29-46(39)52)49(35-22-24-43-40(28-35)37-11-5-7-13-41(37)50-43)34-19-17-31(18-20-34)33-16-15-30-9-3-4-10-32(30)27-33/h3-29H,1-2H3. The van der Waals surface area contributed by atoms with Crippen molar-refractivity contribution < 1.29 is 8.83 Å². The van der Waals surface area contributed by atoms with Crippen LogP contribution in [-0.2, 0) is 0 Å². The monoisotopic (exact) mass is 683 g/mol. The summed E-state index contributed by atoms with van der Waals surface area (Å²) in [7, 11) is -2.07. The molecule has 0 fully saturated rings. The Morgan fingerprint density at radius 1 is 0.423 bits per heavy atom. The normalized spacial score (nSPS) is 13.3. The number of fused-ring (bicyclic) bond motifs is 11. The lowest BCUT2D eigenvalue weighted by atomic mass is 9.99. The molecule has 0 N–H and O–H groups in total. The SMILES string of the molecule is C[Si]1(C)c2cc(N(c3ccc(-c4ccc5ccccc5c4)cc3)c3ccc4oc5ccccc5c4c3)ccc2-c2c1ccc1oc3ccccc3c21. The Morgan fingerprint density at radius 3 is 1.88 bits per heavy atom. The molecule has 2 aromatic heterocycles. The fourth-order valence-corrected chi connectivity index (χ4v) is 11.7. The number of hydrogen-bond acceptors (Lipinski definition) is 3. The van der Waals surface area contributed by atoms with E-state index in [1.807, 2.05) is 12.1 Å². The van der Waals surface area contributed by atoms with E-state index in [1.54, 1.807) is 0 Å². The van der Waals surface area contributed by atoms with Crippen molar-refractivity contribution >= 4 is 90.2 Å². The number of rotatable bonds is 4. The number of benzene rings is 8. The summed E-state index contributed by atoms with van der Waals surface area (Å²) >= 11 is 0. The lowest BCUT2D eigenvalue weighted by Crippen LogP contribution is -2.49. The van der Waals surface area contributed by atoms with Crippen molar-refractivity contribution in [1.29, 1.82) is 0 Å². The van der Waals surface area contributed by atoms with E-state index in [1.165, 1.54) is 54.2 Å². The van der Waals surface area contributed by atoms with Crippen LogP contribution in [0.1, 0.15) is 0 Å². The lowest BCUT2D eigenvalue weighted by molar-refractivity contribution is 0.668. The fourth-order valence-electron chi connectivity index (χ4n) is 8.64. The van der Waals surface area contributed by atoms with Gasteiger partial charge >= 0.3 is 0 Å². The molecule has 0 spiro atoms. The van der Waals surface area contributed by atoms with Crippen LogP contribution in [0.4, 0.5) is 17.1 Å². The summed E-state index contributed by atoms with van der Waals surface area (Å²) in [6.45, 7) is 4.98. The van der Waals surface area contributed by atoms with Crippen LogP contribution in [0.25, 0.3) is 76.9 Å². The summed E-state index contributed by atoms with van der Waals surface area (Å²) in [4.78, 5) is 2.40. The van der Waals surface area contributed by atoms with Gasteiger partial charge in [-0.25, -0.2) is 0 Å². The van der Waals surface area contributed by atoms with Gasteiger partial charge < -0.3 is 13.7 Å². The second kappa shape index (κ2) is 10.8. The maximum absolute atomic E-state index is 6.36. The largest absolute Gasteiger partial charge is 0.456 e. The minimum atomic E-state index is -2.07. The van der Waals surface area contributed by atoms with Gasteiger partial charge in [-0.1, -0.05) is 110 Å². The number of anilines is 3. The first-order valence-electron chi connectivity index (χ1n) is 17.9. The van der Waals surface area contributed by atoms with E-state index < -0.39 is 8.07 Å². The molecule has 0 saturated carbocycles. The van der Waals surface area contributed by atoms with Crippen molar-refractivity contribution in [2.24, 2.45) is 0 Å². The predicted octanol–water partition coefficient (Wildman–Crippen LogP) is 12.6. The zero-order valence-electron chi connectivity index (χ0n) is 28.9. The maximum atomic E-state index is 6.36. The summed E-state index contributed by atoms with van der Waals surface area (Å²) in [6.07, 6.45) is 0. The van der Waals surface area contributed by atoms with E-state index in [4.69, 9.17) is 8.83 Å². The van der Waals surface area contributed by atoms with Gasteiger partial charge in [0.25, 0.3) is 0 Å². The number of para-hydroxylation sites is 2. The van der Waals surface area contributed by atoms with Gasteiger partial charge in [0, 0.05) is 38.6 Å². The van der Waals surface area contributed by atoms with E-state index >= 15 is 0 Å². The topological polar surface area (TPSA) is 29.5 Å². The summed E-state index contributed by atoms with van der Waals surface area (Å²) in [6, 6.07) is 59.2. The van der Waals surface area contributed by atoms with Gasteiger partial charge in [0.05, 0.1) is 0 Å². The molecule has 3 heterocycles. The fraction of sp³-hybridized carbons (Fsp3) is 0.0417. The van der Waals surface area contributed by atoms with Crippen LogP contribution in [-0.4, -0.2) is 8.07 Å². The molecule has 0 bridgehead atoms. The van der Waals surface area contributed by atoms with Crippen molar-refractivity contribution in [3.8, 4) is 22.3 Å². The highest BCUT2D eigenvalue weighted by Gasteiger charge is 2.39. The molecule has 0 amide bonds. The van der Waals surface area contributed by atoms with Crippen LogP contribution in [0, 0.1) is 0 Å². The molecule has 0 unspecified atom stereocenters. The molecule has 3 nitrogen and oxygen atoms in total. The third kappa shape index (κ3) is 4.25. The van der Waals surface area contributed by atoms with Gasteiger partial charge in [0.15, 0.2) is 0 Å². The van der Waals surface area contributed by atoms with Crippen LogP contribution in [0.5, 0.6) is 0 Å². The average molecular weight is 684 g/mol. The van der Waals surface area contributed by atoms with Gasteiger partial charge in [-0.05, 0) is 110 Å². The predicted molar refractivity (Wildman–Crippen MR) is 221 cm³/mol. The van der Waals surface area contributed by atoms with E-state index in [0.717, 1.165) is 50.2 Å². The van der Waals surface area contributed by atoms with Gasteiger partial charge in [-0.2, -0.15) is 0 Å². The molecular weight excluding hydrogens is 651 g/mol. The molecule has 11 rings (SSSR count). The molecule has 0 atom stereocenters. The summed E-state index contributed by atoms with van der Waals surface area (Å²) in [5.41, 5.74) is 12.1. The zero-order chi connectivity index (χ0) is 34.6. The second-order valence-corrected chi connectivity index (χ2v) is 18.9. The molecule has 0 radical (unpaired) electrons. The molecule has 0 saturated heterocycles. The quantitative estimate of drug-likeness (QED) is 0.173. The Kier molecular flexibility index (Phi) is 6.11. The van der Waals surface area contributed by atoms with E-state index in [9.17, 15) is 0 Å². The molecule has 0 aliphatic carbocycles. The first-order chi connectivity index (χ1) is 25.5. The minimum Gasteiger partial charge on any atom is -0.456 e. The molecular formula is C48H33NO2Si. The summed E-state index contributed by atoms with van der Waals surface area (Å²) in [5, 5.41) is 10.1. The van der Waals surface area contributed by atoms with E-state index in [-0.39, 0.29) is 0 Å². The van der Waals surface area contributed by atoms with E-state index in [0.29, 0.717) is 0 Å². The maximum Gasteiger partial charge on any atom is 0.136 e. The Morgan fingerprint density at radius 2 is 1.04 bits per heavy atom. The van der Waals surface area contributed by atoms with Gasteiger partial charge in [0.2, 0.25) is 0 Å². The number of hydrogen-bond donors (Lipinski definition) is 0. The van der Waals surface area contributed by atoms with Crippen LogP contribution >= 0.6 is 0 Å². The third-order valence-corrected chi connectivity index (χ3v) is 14.8. The van der Waals surface area contributed by atoms with Gasteiger partial charge in [-0.15, -0.1) is 0 Å². The summed E-state index contributed by atoms with van der Waals surface area (Å²) < 4.78 is 12.6. The summed E-state index contributed by atoms with van der Waals surface area (Å²) in [5.74, 6) is 0. The van der Waals surface area contributed by atoms with Crippen molar-refractivity contribution in [3.05, 3.63) is 164 Å². The third-order valence-electron chi connectivity index (χ3n) is 11.2. The first kappa shape index (κ1) is 29.4. The van der Waals surface area contributed by atoms with Crippen molar-refractivity contribution in [3.63, 3.8) is 0 Å². The van der Waals surface area contributed by atoms with Crippen LogP contribution in [0.2, 0.25) is 13.1 Å². The van der Waals surface area contributed by atoms with Crippen molar-refractivity contribution in [2.75, 3.05) is 4.90 Å². The number of furan rings is 2. The van der Waals surface area contributed by atoms with Gasteiger partial charge in [0.1, 0.15) is 30.4 Å². The van der Waals surface area contributed by atoms with Crippen molar-refractivity contribution in [1.82, 2.24) is 0 Å². The highest BCUT2D eigenvalue weighted by molar-refractivity contribution is 7.04. The molecule has 52 heavy (non-hydrogen) atoms. The molecule has 4 heteroatoms. The molecule has 1 aliphatic rings. The Balaban J connectivity index is 1.09. The van der Waals surface area contributed by atoms with E-state index in [2.05, 4.69) is 170 Å². The smallest absolute Gasteiger partial charge is 0.136 e. The zero-order valence-corrected chi connectivity index (χ0v) is 29.9. The second-order valence-electron chi connectivity index (χ2n) is 14.5. The molecule has 1 aliphatic heterocycles. The first-order valence-corrected chi connectivity index (χ1v) is 20.9. The Bertz CT molecular complexity index is 3060. The Hall–Kier alpha value is -6.36. The Labute approximate surface area is 302 Å². The average Bonchev–Trinajstić information content (AvgIpc) is 3.82. The lowest BCUT2D eigenvalue weighted by Gasteiger charge is -2.28. The van der Waals surface area contributed by atoms with Crippen LogP contribution in [0.15, 0.2) is 173 Å². The van der Waals surface area contributed by atoms with Crippen molar-refractivity contribution in [2.45, 2.75) is 13.1 Å². The van der Waals surface area contributed by atoms with Gasteiger partial charge in [-0.3, -0.25) is 0 Å². The molecule has 8 aromatic carbocycles. The van der Waals surface area contributed by atoms with Crippen LogP contribution < -0.4 is 15.3 Å². The number of nitrogens with zero attached hydrogens (tertiary/aromatic N) is 1.